The number of hydrogen-bond donors (Lipinski definition) is 2. The van der Waals surface area contributed by atoms with Gasteiger partial charge in [-0.3, -0.25) is 4.79 Å². The first-order valence-electron chi connectivity index (χ1n) is 7.11. The lowest BCUT2D eigenvalue weighted by Gasteiger charge is -2.32. The van der Waals surface area contributed by atoms with Crippen molar-refractivity contribution in [3.8, 4) is 0 Å². The summed E-state index contributed by atoms with van der Waals surface area (Å²) in [5.41, 5.74) is 3.35. The van der Waals surface area contributed by atoms with Crippen LogP contribution in [0.3, 0.4) is 0 Å². The third kappa shape index (κ3) is 3.53. The molecule has 20 heavy (non-hydrogen) atoms. The van der Waals surface area contributed by atoms with E-state index in [4.69, 9.17) is 0 Å². The van der Waals surface area contributed by atoms with Crippen LogP contribution in [0, 0.1) is 18.8 Å². The molecule has 2 rings (SSSR count). The zero-order valence-electron chi connectivity index (χ0n) is 12.7. The van der Waals surface area contributed by atoms with Crippen molar-refractivity contribution in [2.24, 2.45) is 11.8 Å². The molecule has 0 bridgehead atoms. The predicted molar refractivity (Wildman–Crippen MR) is 86.7 cm³/mol. The van der Waals surface area contributed by atoms with Crippen molar-refractivity contribution >= 4 is 24.0 Å². The van der Waals surface area contributed by atoms with Crippen molar-refractivity contribution in [3.63, 3.8) is 0 Å². The number of nitrogens with one attached hydrogen (secondary N) is 2. The highest BCUT2D eigenvalue weighted by atomic mass is 35.5. The molecule has 0 aromatic heterocycles. The van der Waals surface area contributed by atoms with Crippen LogP contribution < -0.4 is 10.6 Å². The van der Waals surface area contributed by atoms with Gasteiger partial charge in [-0.15, -0.1) is 12.4 Å². The molecule has 1 atom stereocenters. The standard InChI is InChI=1S/C16H24N2O.ClH/c1-10(2)14-7-5-6-11(3)15(14)18-16(19)12(4)13-8-17-9-13;/h5-7,10,12-13,17H,8-9H2,1-4H3,(H,18,19);1H. The van der Waals surface area contributed by atoms with Crippen LogP contribution in [0.2, 0.25) is 0 Å². The van der Waals surface area contributed by atoms with Gasteiger partial charge in [0.25, 0.3) is 0 Å². The van der Waals surface area contributed by atoms with E-state index < -0.39 is 0 Å². The van der Waals surface area contributed by atoms with Crippen LogP contribution >= 0.6 is 12.4 Å². The Hall–Kier alpha value is -1.06. The summed E-state index contributed by atoms with van der Waals surface area (Å²) in [7, 11) is 0. The van der Waals surface area contributed by atoms with Gasteiger partial charge in [0, 0.05) is 11.6 Å². The Labute approximate surface area is 127 Å². The summed E-state index contributed by atoms with van der Waals surface area (Å²) in [6, 6.07) is 6.21. The molecule has 1 heterocycles. The SMILES string of the molecule is Cc1cccc(C(C)C)c1NC(=O)C(C)C1CNC1.Cl. The summed E-state index contributed by atoms with van der Waals surface area (Å²) < 4.78 is 0. The van der Waals surface area contributed by atoms with Gasteiger partial charge in [-0.05, 0) is 43.0 Å². The molecule has 1 unspecified atom stereocenters. The highest BCUT2D eigenvalue weighted by Gasteiger charge is 2.29. The zero-order chi connectivity index (χ0) is 14.0. The van der Waals surface area contributed by atoms with Gasteiger partial charge in [-0.2, -0.15) is 0 Å². The van der Waals surface area contributed by atoms with Crippen LogP contribution in [0.25, 0.3) is 0 Å². The van der Waals surface area contributed by atoms with E-state index in [1.807, 2.05) is 6.92 Å². The second kappa shape index (κ2) is 7.09. The number of anilines is 1. The summed E-state index contributed by atoms with van der Waals surface area (Å²) >= 11 is 0. The average Bonchev–Trinajstić information content (AvgIpc) is 2.28. The van der Waals surface area contributed by atoms with Crippen molar-refractivity contribution in [3.05, 3.63) is 29.3 Å². The lowest BCUT2D eigenvalue weighted by Crippen LogP contribution is -2.48. The number of hydrogen-bond acceptors (Lipinski definition) is 2. The van der Waals surface area contributed by atoms with Crippen LogP contribution in [0.15, 0.2) is 18.2 Å². The smallest absolute Gasteiger partial charge is 0.227 e. The van der Waals surface area contributed by atoms with E-state index in [0.29, 0.717) is 11.8 Å². The maximum absolute atomic E-state index is 12.3. The van der Waals surface area contributed by atoms with E-state index in [-0.39, 0.29) is 24.2 Å². The lowest BCUT2D eigenvalue weighted by molar-refractivity contribution is -0.121. The first-order chi connectivity index (χ1) is 9.00. The van der Waals surface area contributed by atoms with Crippen molar-refractivity contribution in [1.82, 2.24) is 5.32 Å². The Kier molecular flexibility index (Phi) is 6.03. The van der Waals surface area contributed by atoms with Crippen molar-refractivity contribution in [1.29, 1.82) is 0 Å². The fourth-order valence-electron chi connectivity index (χ4n) is 2.46. The second-order valence-electron chi connectivity index (χ2n) is 5.89. The molecule has 1 aliphatic heterocycles. The Bertz CT molecular complexity index is 470. The minimum Gasteiger partial charge on any atom is -0.325 e. The Morgan fingerprint density at radius 2 is 1.95 bits per heavy atom. The number of benzene rings is 1. The van der Waals surface area contributed by atoms with Crippen LogP contribution in [0.1, 0.15) is 37.8 Å². The Morgan fingerprint density at radius 1 is 1.30 bits per heavy atom. The zero-order valence-corrected chi connectivity index (χ0v) is 13.5. The molecule has 1 saturated heterocycles. The van der Waals surface area contributed by atoms with E-state index in [1.165, 1.54) is 5.56 Å². The molecular formula is C16H25ClN2O. The summed E-state index contributed by atoms with van der Waals surface area (Å²) in [4.78, 5) is 12.3. The molecule has 1 aromatic carbocycles. The van der Waals surface area contributed by atoms with E-state index in [2.05, 4.69) is 49.6 Å². The number of carbonyl (C=O) groups excluding carboxylic acids is 1. The minimum atomic E-state index is 0. The third-order valence-electron chi connectivity index (χ3n) is 4.11. The molecule has 0 radical (unpaired) electrons. The average molecular weight is 297 g/mol. The third-order valence-corrected chi connectivity index (χ3v) is 4.11. The monoisotopic (exact) mass is 296 g/mol. The van der Waals surface area contributed by atoms with Crippen molar-refractivity contribution < 1.29 is 4.79 Å². The maximum atomic E-state index is 12.3. The normalized spacial score (nSPS) is 16.2. The predicted octanol–water partition coefficient (Wildman–Crippen LogP) is 3.33. The fourth-order valence-corrected chi connectivity index (χ4v) is 2.46. The number of carbonyl (C=O) groups is 1. The second-order valence-corrected chi connectivity index (χ2v) is 5.89. The first-order valence-corrected chi connectivity index (χ1v) is 7.11. The van der Waals surface area contributed by atoms with E-state index in [9.17, 15) is 4.79 Å². The van der Waals surface area contributed by atoms with Gasteiger partial charge in [0.05, 0.1) is 0 Å². The van der Waals surface area contributed by atoms with Crippen LogP contribution in [0.5, 0.6) is 0 Å². The number of rotatable bonds is 4. The molecule has 0 spiro atoms. The lowest BCUT2D eigenvalue weighted by atomic mass is 9.88. The van der Waals surface area contributed by atoms with Gasteiger partial charge in [0.15, 0.2) is 0 Å². The van der Waals surface area contributed by atoms with Gasteiger partial charge >= 0.3 is 0 Å². The van der Waals surface area contributed by atoms with Crippen LogP contribution in [-0.2, 0) is 4.79 Å². The molecule has 1 amide bonds. The minimum absolute atomic E-state index is 0. The molecule has 1 aromatic rings. The number of para-hydroxylation sites is 1. The van der Waals surface area contributed by atoms with Crippen molar-refractivity contribution in [2.45, 2.75) is 33.6 Å². The van der Waals surface area contributed by atoms with Crippen LogP contribution in [0.4, 0.5) is 5.69 Å². The molecule has 0 saturated carbocycles. The highest BCUT2D eigenvalue weighted by molar-refractivity contribution is 5.94. The van der Waals surface area contributed by atoms with Gasteiger partial charge in [0.2, 0.25) is 5.91 Å². The molecule has 3 nitrogen and oxygen atoms in total. The summed E-state index contributed by atoms with van der Waals surface area (Å²) in [6.45, 7) is 10.3. The van der Waals surface area contributed by atoms with Crippen LogP contribution in [-0.4, -0.2) is 19.0 Å². The topological polar surface area (TPSA) is 41.1 Å². The maximum Gasteiger partial charge on any atom is 0.227 e. The Balaban J connectivity index is 0.00000200. The molecule has 4 heteroatoms. The number of aryl methyl sites for hydroxylation is 1. The summed E-state index contributed by atoms with van der Waals surface area (Å²) in [6.07, 6.45) is 0. The van der Waals surface area contributed by atoms with E-state index in [1.54, 1.807) is 0 Å². The largest absolute Gasteiger partial charge is 0.325 e. The summed E-state index contributed by atoms with van der Waals surface area (Å²) in [5, 5.41) is 6.36. The first kappa shape index (κ1) is 17.0. The van der Waals surface area contributed by atoms with Crippen molar-refractivity contribution in [2.75, 3.05) is 18.4 Å². The molecule has 2 N–H and O–H groups in total. The van der Waals surface area contributed by atoms with Gasteiger partial charge in [-0.25, -0.2) is 0 Å². The molecule has 1 aliphatic rings. The molecule has 0 aliphatic carbocycles. The fraction of sp³-hybridized carbons (Fsp3) is 0.562. The Morgan fingerprint density at radius 3 is 2.45 bits per heavy atom. The number of amides is 1. The molecular weight excluding hydrogens is 272 g/mol. The molecule has 1 fully saturated rings. The molecule has 112 valence electrons. The quantitative estimate of drug-likeness (QED) is 0.895. The summed E-state index contributed by atoms with van der Waals surface area (Å²) in [5.74, 6) is 1.10. The van der Waals surface area contributed by atoms with E-state index >= 15 is 0 Å². The van der Waals surface area contributed by atoms with Gasteiger partial charge < -0.3 is 10.6 Å². The van der Waals surface area contributed by atoms with Gasteiger partial charge in [0.1, 0.15) is 0 Å². The number of halogens is 1. The highest BCUT2D eigenvalue weighted by Crippen LogP contribution is 2.28. The van der Waals surface area contributed by atoms with E-state index in [0.717, 1.165) is 24.3 Å². The van der Waals surface area contributed by atoms with Gasteiger partial charge in [-0.1, -0.05) is 39.0 Å².